The molecule has 6 nitrogen and oxygen atoms in total. The number of nitrogens with one attached hydrogen (secondary N) is 1. The fraction of sp³-hybridized carbons (Fsp3) is 0.923. The number of hydrogen-bond acceptors (Lipinski definition) is 5. The second-order valence-corrected chi connectivity index (χ2v) is 8.21. The second-order valence-electron chi connectivity index (χ2n) is 5.98. The standard InChI is InChI=1S/C13H25N3O3S/c1-15(11-4-3-6-14-8-11)9-13(17)16(2)12-5-7-20(18,19)10-12/h11-12,14H,3-10H2,1-2H3. The molecule has 1 N–H and O–H groups in total. The van der Waals surface area contributed by atoms with Crippen LogP contribution in [0.1, 0.15) is 19.3 Å². The molecule has 7 heteroatoms. The number of likely N-dealkylation sites (N-methyl/N-ethyl adjacent to an activating group) is 2. The van der Waals surface area contributed by atoms with E-state index in [9.17, 15) is 13.2 Å². The van der Waals surface area contributed by atoms with Crippen LogP contribution >= 0.6 is 0 Å². The summed E-state index contributed by atoms with van der Waals surface area (Å²) in [7, 11) is 0.750. The van der Waals surface area contributed by atoms with Gasteiger partial charge < -0.3 is 10.2 Å². The highest BCUT2D eigenvalue weighted by atomic mass is 32.2. The highest BCUT2D eigenvalue weighted by Gasteiger charge is 2.33. The van der Waals surface area contributed by atoms with Crippen LogP contribution in [0.5, 0.6) is 0 Å². The lowest BCUT2D eigenvalue weighted by Crippen LogP contribution is -2.49. The summed E-state index contributed by atoms with van der Waals surface area (Å²) in [5.74, 6) is 0.335. The van der Waals surface area contributed by atoms with E-state index in [1.807, 2.05) is 7.05 Å². The summed E-state index contributed by atoms with van der Waals surface area (Å²) in [4.78, 5) is 16.0. The van der Waals surface area contributed by atoms with E-state index in [0.717, 1.165) is 25.9 Å². The molecule has 0 aromatic carbocycles. The number of sulfone groups is 1. The van der Waals surface area contributed by atoms with E-state index in [0.29, 0.717) is 19.0 Å². The zero-order valence-corrected chi connectivity index (χ0v) is 13.2. The Kier molecular flexibility index (Phi) is 5.04. The van der Waals surface area contributed by atoms with Crippen molar-refractivity contribution in [1.29, 1.82) is 0 Å². The maximum absolute atomic E-state index is 12.3. The van der Waals surface area contributed by atoms with Crippen molar-refractivity contribution in [3.8, 4) is 0 Å². The summed E-state index contributed by atoms with van der Waals surface area (Å²) in [5.41, 5.74) is 0. The predicted molar refractivity (Wildman–Crippen MR) is 78.4 cm³/mol. The zero-order chi connectivity index (χ0) is 14.8. The highest BCUT2D eigenvalue weighted by molar-refractivity contribution is 7.91. The van der Waals surface area contributed by atoms with Gasteiger partial charge >= 0.3 is 0 Å². The topological polar surface area (TPSA) is 69.7 Å². The van der Waals surface area contributed by atoms with Gasteiger partial charge in [-0.2, -0.15) is 0 Å². The number of hydrogen-bond donors (Lipinski definition) is 1. The Bertz CT molecular complexity index is 446. The van der Waals surface area contributed by atoms with Crippen LogP contribution in [0.25, 0.3) is 0 Å². The van der Waals surface area contributed by atoms with Crippen LogP contribution in [0.3, 0.4) is 0 Å². The number of amides is 1. The molecule has 0 saturated carbocycles. The van der Waals surface area contributed by atoms with Crippen LogP contribution in [0.15, 0.2) is 0 Å². The van der Waals surface area contributed by atoms with E-state index in [2.05, 4.69) is 10.2 Å². The lowest BCUT2D eigenvalue weighted by Gasteiger charge is -2.33. The third-order valence-corrected chi connectivity index (χ3v) is 6.18. The number of carbonyl (C=O) groups is 1. The first-order valence-electron chi connectivity index (χ1n) is 7.26. The Hall–Kier alpha value is -0.660. The number of nitrogens with zero attached hydrogens (tertiary/aromatic N) is 2. The maximum Gasteiger partial charge on any atom is 0.236 e. The molecule has 1 amide bonds. The molecule has 2 aliphatic rings. The molecule has 2 aliphatic heterocycles. The van der Waals surface area contributed by atoms with Gasteiger partial charge in [-0.3, -0.25) is 9.69 Å². The van der Waals surface area contributed by atoms with Gasteiger partial charge in [-0.1, -0.05) is 0 Å². The van der Waals surface area contributed by atoms with Crippen molar-refractivity contribution in [2.24, 2.45) is 0 Å². The molecule has 0 aliphatic carbocycles. The van der Waals surface area contributed by atoms with Crippen LogP contribution in [0.4, 0.5) is 0 Å². The third kappa shape index (κ3) is 3.93. The molecule has 0 aromatic rings. The molecule has 0 radical (unpaired) electrons. The Morgan fingerprint density at radius 2 is 2.00 bits per heavy atom. The Morgan fingerprint density at radius 3 is 2.55 bits per heavy atom. The molecule has 116 valence electrons. The molecule has 2 saturated heterocycles. The Balaban J connectivity index is 1.84. The van der Waals surface area contributed by atoms with Crippen LogP contribution in [0.2, 0.25) is 0 Å². The Morgan fingerprint density at radius 1 is 1.25 bits per heavy atom. The van der Waals surface area contributed by atoms with Gasteiger partial charge in [0.05, 0.1) is 18.1 Å². The first-order valence-corrected chi connectivity index (χ1v) is 9.08. The summed E-state index contributed by atoms with van der Waals surface area (Å²) in [5, 5.41) is 3.34. The first-order chi connectivity index (χ1) is 9.39. The molecule has 0 bridgehead atoms. The SMILES string of the molecule is CN(CC(=O)N(C)C1CCS(=O)(=O)C1)C1CCCNC1. The largest absolute Gasteiger partial charge is 0.341 e. The smallest absolute Gasteiger partial charge is 0.236 e. The molecule has 2 heterocycles. The van der Waals surface area contributed by atoms with E-state index in [1.54, 1.807) is 11.9 Å². The average Bonchev–Trinajstić information content (AvgIpc) is 2.79. The third-order valence-electron chi connectivity index (χ3n) is 4.43. The minimum Gasteiger partial charge on any atom is -0.341 e. The summed E-state index contributed by atoms with van der Waals surface area (Å²) in [6, 6.07) is 0.249. The summed E-state index contributed by atoms with van der Waals surface area (Å²) >= 11 is 0. The minimum atomic E-state index is -2.94. The summed E-state index contributed by atoms with van der Waals surface area (Å²) in [6.07, 6.45) is 2.82. The molecule has 20 heavy (non-hydrogen) atoms. The van der Waals surface area contributed by atoms with Crippen molar-refractivity contribution in [2.75, 3.05) is 45.2 Å². The summed E-state index contributed by atoms with van der Waals surface area (Å²) < 4.78 is 23.0. The number of piperidine rings is 1. The van der Waals surface area contributed by atoms with Gasteiger partial charge in [-0.25, -0.2) is 8.42 Å². The molecule has 0 spiro atoms. The molecule has 0 aromatic heterocycles. The van der Waals surface area contributed by atoms with Crippen LogP contribution in [-0.4, -0.2) is 81.4 Å². The summed E-state index contributed by atoms with van der Waals surface area (Å²) in [6.45, 7) is 2.34. The fourth-order valence-electron chi connectivity index (χ4n) is 2.95. The van der Waals surface area contributed by atoms with Crippen molar-refractivity contribution < 1.29 is 13.2 Å². The predicted octanol–water partition coefficient (Wildman–Crippen LogP) is -0.684. The van der Waals surface area contributed by atoms with Gasteiger partial charge in [0, 0.05) is 25.7 Å². The first kappa shape index (κ1) is 15.7. The van der Waals surface area contributed by atoms with Gasteiger partial charge in [0.25, 0.3) is 0 Å². The maximum atomic E-state index is 12.3. The molecular formula is C13H25N3O3S. The quantitative estimate of drug-likeness (QED) is 0.745. The van der Waals surface area contributed by atoms with Crippen LogP contribution in [-0.2, 0) is 14.6 Å². The molecule has 2 atom stereocenters. The lowest BCUT2D eigenvalue weighted by molar-refractivity contribution is -0.133. The van der Waals surface area contributed by atoms with Gasteiger partial charge in [-0.15, -0.1) is 0 Å². The van der Waals surface area contributed by atoms with E-state index in [1.165, 1.54) is 0 Å². The van der Waals surface area contributed by atoms with Crippen molar-refractivity contribution in [2.45, 2.75) is 31.3 Å². The lowest BCUT2D eigenvalue weighted by atomic mass is 10.1. The Labute approximate surface area is 121 Å². The minimum absolute atomic E-state index is 0.0140. The van der Waals surface area contributed by atoms with Gasteiger partial charge in [-0.05, 0) is 32.9 Å². The number of rotatable bonds is 4. The van der Waals surface area contributed by atoms with Gasteiger partial charge in [0.1, 0.15) is 0 Å². The van der Waals surface area contributed by atoms with E-state index in [-0.39, 0.29) is 23.5 Å². The normalized spacial score (nSPS) is 29.6. The van der Waals surface area contributed by atoms with E-state index < -0.39 is 9.84 Å². The van der Waals surface area contributed by atoms with Crippen LogP contribution < -0.4 is 5.32 Å². The van der Waals surface area contributed by atoms with Crippen molar-refractivity contribution >= 4 is 15.7 Å². The van der Waals surface area contributed by atoms with E-state index >= 15 is 0 Å². The highest BCUT2D eigenvalue weighted by Crippen LogP contribution is 2.17. The number of carbonyl (C=O) groups excluding carboxylic acids is 1. The van der Waals surface area contributed by atoms with E-state index in [4.69, 9.17) is 0 Å². The van der Waals surface area contributed by atoms with Gasteiger partial charge in [0.2, 0.25) is 5.91 Å². The molecular weight excluding hydrogens is 278 g/mol. The van der Waals surface area contributed by atoms with Crippen molar-refractivity contribution in [3.05, 3.63) is 0 Å². The average molecular weight is 303 g/mol. The van der Waals surface area contributed by atoms with Crippen molar-refractivity contribution in [1.82, 2.24) is 15.1 Å². The zero-order valence-electron chi connectivity index (χ0n) is 12.3. The van der Waals surface area contributed by atoms with Crippen molar-refractivity contribution in [3.63, 3.8) is 0 Å². The fourth-order valence-corrected chi connectivity index (χ4v) is 4.72. The monoisotopic (exact) mass is 303 g/mol. The second kappa shape index (κ2) is 6.41. The van der Waals surface area contributed by atoms with Gasteiger partial charge in [0.15, 0.2) is 9.84 Å². The molecule has 2 rings (SSSR count). The van der Waals surface area contributed by atoms with Crippen LogP contribution in [0, 0.1) is 0 Å². The molecule has 2 unspecified atom stereocenters. The molecule has 2 fully saturated rings.